The number of anilines is 1. The molecular formula is C19H31Cl2N3O3. The van der Waals surface area contributed by atoms with Crippen LogP contribution in [0.5, 0.6) is 0 Å². The zero-order valence-electron chi connectivity index (χ0n) is 15.9. The van der Waals surface area contributed by atoms with Crippen LogP contribution in [0.3, 0.4) is 0 Å². The maximum absolute atomic E-state index is 12.4. The van der Waals surface area contributed by atoms with E-state index in [9.17, 15) is 4.79 Å². The fourth-order valence-electron chi connectivity index (χ4n) is 3.71. The van der Waals surface area contributed by atoms with E-state index < -0.39 is 6.10 Å². The number of nitrogens with one attached hydrogen (secondary N) is 1. The van der Waals surface area contributed by atoms with E-state index in [2.05, 4.69) is 30.1 Å². The van der Waals surface area contributed by atoms with Gasteiger partial charge < -0.3 is 20.5 Å². The van der Waals surface area contributed by atoms with Crippen molar-refractivity contribution < 1.29 is 14.3 Å². The molecule has 2 unspecified atom stereocenters. The van der Waals surface area contributed by atoms with Gasteiger partial charge in [-0.2, -0.15) is 0 Å². The summed E-state index contributed by atoms with van der Waals surface area (Å²) in [5.74, 6) is -0.0817. The van der Waals surface area contributed by atoms with Gasteiger partial charge in [-0.15, -0.1) is 24.8 Å². The Balaban J connectivity index is 0.00000182. The van der Waals surface area contributed by atoms with Gasteiger partial charge in [0.25, 0.3) is 5.91 Å². The molecule has 154 valence electrons. The van der Waals surface area contributed by atoms with Gasteiger partial charge in [0.05, 0.1) is 18.3 Å². The Labute approximate surface area is 174 Å². The van der Waals surface area contributed by atoms with Gasteiger partial charge in [0, 0.05) is 31.9 Å². The number of nitrogens with two attached hydrogens (primary N) is 1. The van der Waals surface area contributed by atoms with E-state index in [-0.39, 0.29) is 49.0 Å². The van der Waals surface area contributed by atoms with Crippen molar-refractivity contribution in [3.8, 4) is 0 Å². The Hall–Kier alpha value is -0.890. The van der Waals surface area contributed by atoms with Gasteiger partial charge in [0.15, 0.2) is 0 Å². The van der Waals surface area contributed by atoms with Crippen LogP contribution in [0, 0.1) is 0 Å². The van der Waals surface area contributed by atoms with Crippen molar-refractivity contribution >= 4 is 36.4 Å². The minimum Gasteiger partial charge on any atom is -0.373 e. The average molecular weight is 420 g/mol. The minimum absolute atomic E-state index is 0. The van der Waals surface area contributed by atoms with Crippen molar-refractivity contribution in [2.75, 3.05) is 25.0 Å². The van der Waals surface area contributed by atoms with E-state index >= 15 is 0 Å². The first-order chi connectivity index (χ1) is 12.0. The molecule has 2 aliphatic rings. The number of nitrogens with zero attached hydrogens (tertiary/aromatic N) is 1. The Bertz CT molecular complexity index is 595. The van der Waals surface area contributed by atoms with Crippen molar-refractivity contribution in [2.24, 2.45) is 5.73 Å². The SMILES string of the molecule is CC1CN(Cc2cccc(NC(=O)[C@@H]3CC[C@H](CN)O3)c2)CC(C)O1.Cl.Cl. The van der Waals surface area contributed by atoms with Crippen LogP contribution in [0.2, 0.25) is 0 Å². The number of halogens is 2. The molecule has 8 heteroatoms. The second kappa shape index (κ2) is 11.2. The first kappa shape index (κ1) is 24.1. The number of carbonyl (C=O) groups excluding carboxylic acids is 1. The molecule has 6 nitrogen and oxygen atoms in total. The molecule has 1 amide bonds. The third-order valence-electron chi connectivity index (χ3n) is 4.76. The molecule has 1 aromatic rings. The fourth-order valence-corrected chi connectivity index (χ4v) is 3.71. The topological polar surface area (TPSA) is 76.8 Å². The molecule has 4 atom stereocenters. The maximum Gasteiger partial charge on any atom is 0.253 e. The van der Waals surface area contributed by atoms with Crippen molar-refractivity contribution in [2.45, 2.75) is 57.6 Å². The van der Waals surface area contributed by atoms with Crippen LogP contribution < -0.4 is 11.1 Å². The molecule has 1 aromatic carbocycles. The number of benzene rings is 1. The standard InChI is InChI=1S/C19H29N3O3.2ClH/c1-13-10-22(11-14(2)24-13)12-15-4-3-5-16(8-15)21-19(23)18-7-6-17(9-20)25-18;;/h3-5,8,13-14,17-18H,6-7,9-12,20H2,1-2H3,(H,21,23);2*1H/t13?,14?,17-,18+;;/m1../s1. The summed E-state index contributed by atoms with van der Waals surface area (Å²) in [5.41, 5.74) is 7.61. The summed E-state index contributed by atoms with van der Waals surface area (Å²) in [6.45, 7) is 7.40. The third kappa shape index (κ3) is 6.89. The lowest BCUT2D eigenvalue weighted by Gasteiger charge is -2.35. The number of hydrogen-bond acceptors (Lipinski definition) is 5. The van der Waals surface area contributed by atoms with Crippen molar-refractivity contribution in [1.82, 2.24) is 4.90 Å². The number of hydrogen-bond donors (Lipinski definition) is 2. The normalized spacial score (nSPS) is 28.1. The Morgan fingerprint density at radius 2 is 1.89 bits per heavy atom. The summed E-state index contributed by atoms with van der Waals surface area (Å²) in [4.78, 5) is 14.8. The average Bonchev–Trinajstić information content (AvgIpc) is 3.03. The van der Waals surface area contributed by atoms with Crippen LogP contribution in [-0.4, -0.2) is 54.9 Å². The highest BCUT2D eigenvalue weighted by atomic mass is 35.5. The van der Waals surface area contributed by atoms with Gasteiger partial charge in [-0.1, -0.05) is 12.1 Å². The van der Waals surface area contributed by atoms with Gasteiger partial charge in [-0.25, -0.2) is 0 Å². The smallest absolute Gasteiger partial charge is 0.253 e. The van der Waals surface area contributed by atoms with Crippen LogP contribution in [0.25, 0.3) is 0 Å². The largest absolute Gasteiger partial charge is 0.373 e. The maximum atomic E-state index is 12.4. The molecule has 3 rings (SSSR count). The highest BCUT2D eigenvalue weighted by molar-refractivity contribution is 5.94. The van der Waals surface area contributed by atoms with Gasteiger partial charge in [-0.3, -0.25) is 9.69 Å². The quantitative estimate of drug-likeness (QED) is 0.766. The number of carbonyl (C=O) groups is 1. The summed E-state index contributed by atoms with van der Waals surface area (Å²) in [5, 5.41) is 2.98. The molecule has 3 N–H and O–H groups in total. The van der Waals surface area contributed by atoms with Crippen molar-refractivity contribution in [3.63, 3.8) is 0 Å². The molecule has 0 bridgehead atoms. The number of amides is 1. The van der Waals surface area contributed by atoms with Crippen LogP contribution in [0.15, 0.2) is 24.3 Å². The van der Waals surface area contributed by atoms with E-state index in [1.54, 1.807) is 0 Å². The van der Waals surface area contributed by atoms with E-state index in [1.807, 2.05) is 18.2 Å². The monoisotopic (exact) mass is 419 g/mol. The highest BCUT2D eigenvalue weighted by Crippen LogP contribution is 2.21. The summed E-state index contributed by atoms with van der Waals surface area (Å²) in [6.07, 6.45) is 1.70. The Kier molecular flexibility index (Phi) is 10.0. The van der Waals surface area contributed by atoms with Gasteiger partial charge in [0.2, 0.25) is 0 Å². The van der Waals surface area contributed by atoms with Crippen LogP contribution in [-0.2, 0) is 20.8 Å². The first-order valence-corrected chi connectivity index (χ1v) is 9.16. The van der Waals surface area contributed by atoms with Crippen LogP contribution in [0.1, 0.15) is 32.3 Å². The lowest BCUT2D eigenvalue weighted by atomic mass is 10.1. The van der Waals surface area contributed by atoms with E-state index in [0.29, 0.717) is 6.54 Å². The summed E-state index contributed by atoms with van der Waals surface area (Å²) >= 11 is 0. The molecule has 2 fully saturated rings. The Morgan fingerprint density at radius 3 is 2.52 bits per heavy atom. The third-order valence-corrected chi connectivity index (χ3v) is 4.76. The molecule has 0 saturated carbocycles. The highest BCUT2D eigenvalue weighted by Gasteiger charge is 2.30. The van der Waals surface area contributed by atoms with Gasteiger partial charge in [0.1, 0.15) is 6.10 Å². The zero-order valence-corrected chi connectivity index (χ0v) is 17.6. The molecule has 0 spiro atoms. The van der Waals surface area contributed by atoms with E-state index in [1.165, 1.54) is 5.56 Å². The minimum atomic E-state index is -0.391. The van der Waals surface area contributed by atoms with Crippen LogP contribution >= 0.6 is 24.8 Å². The molecule has 0 aromatic heterocycles. The summed E-state index contributed by atoms with van der Waals surface area (Å²) in [6, 6.07) is 8.03. The molecule has 2 aliphatic heterocycles. The molecule has 27 heavy (non-hydrogen) atoms. The predicted octanol–water partition coefficient (Wildman–Crippen LogP) is 2.58. The van der Waals surface area contributed by atoms with Crippen LogP contribution in [0.4, 0.5) is 5.69 Å². The van der Waals surface area contributed by atoms with Gasteiger partial charge in [-0.05, 0) is 44.4 Å². The van der Waals surface area contributed by atoms with E-state index in [0.717, 1.165) is 38.2 Å². The first-order valence-electron chi connectivity index (χ1n) is 9.16. The van der Waals surface area contributed by atoms with Crippen molar-refractivity contribution in [3.05, 3.63) is 29.8 Å². The number of morpholine rings is 1. The summed E-state index contributed by atoms with van der Waals surface area (Å²) in [7, 11) is 0. The Morgan fingerprint density at radius 1 is 1.19 bits per heavy atom. The molecule has 2 saturated heterocycles. The molecular weight excluding hydrogens is 389 g/mol. The zero-order chi connectivity index (χ0) is 17.8. The van der Waals surface area contributed by atoms with Gasteiger partial charge >= 0.3 is 0 Å². The lowest BCUT2D eigenvalue weighted by molar-refractivity contribution is -0.126. The van der Waals surface area contributed by atoms with Crippen molar-refractivity contribution in [1.29, 1.82) is 0 Å². The number of rotatable bonds is 5. The number of ether oxygens (including phenoxy) is 2. The molecule has 0 aliphatic carbocycles. The fraction of sp³-hybridized carbons (Fsp3) is 0.632. The predicted molar refractivity (Wildman–Crippen MR) is 112 cm³/mol. The summed E-state index contributed by atoms with van der Waals surface area (Å²) < 4.78 is 11.4. The molecule has 0 radical (unpaired) electrons. The lowest BCUT2D eigenvalue weighted by Crippen LogP contribution is -2.44. The molecule has 2 heterocycles. The van der Waals surface area contributed by atoms with E-state index in [4.69, 9.17) is 15.2 Å². The second-order valence-corrected chi connectivity index (χ2v) is 7.20. The second-order valence-electron chi connectivity index (χ2n) is 7.20.